The Morgan fingerprint density at radius 3 is 1.71 bits per heavy atom. The molecule has 0 amide bonds. The molecule has 0 saturated carbocycles. The third-order valence-electron chi connectivity index (χ3n) is 3.35. The Hall–Kier alpha value is 0.480. The van der Waals surface area contributed by atoms with Crippen molar-refractivity contribution in [1.29, 1.82) is 0 Å². The van der Waals surface area contributed by atoms with E-state index in [4.69, 9.17) is 0 Å². The molecular weight excluding hydrogens is 272 g/mol. The fraction of sp³-hybridized carbons (Fsp3) is 1.00. The third-order valence-corrected chi connectivity index (χ3v) is 4.18. The largest absolute Gasteiger partial charge is 0.0891 e. The van der Waals surface area contributed by atoms with Gasteiger partial charge in [-0.1, -0.05) is 94.5 Å². The van der Waals surface area contributed by atoms with E-state index in [1.165, 1.54) is 70.6 Å². The molecule has 0 N–H and O–H groups in total. The van der Waals surface area contributed by atoms with Gasteiger partial charge in [-0.15, -0.1) is 0 Å². The summed E-state index contributed by atoms with van der Waals surface area (Å²) in [6, 6.07) is 0. The molecule has 0 aromatic heterocycles. The van der Waals surface area contributed by atoms with E-state index in [9.17, 15) is 0 Å². The van der Waals surface area contributed by atoms with Crippen LogP contribution >= 0.6 is 15.9 Å². The second-order valence-electron chi connectivity index (χ2n) is 5.84. The summed E-state index contributed by atoms with van der Waals surface area (Å²) in [5.41, 5.74) is 0. The second-order valence-corrected chi connectivity index (χ2v) is 7.14. The number of hydrogen-bond acceptors (Lipinski definition) is 0. The highest BCUT2D eigenvalue weighted by Gasteiger charge is 2.05. The summed E-state index contributed by atoms with van der Waals surface area (Å²) < 4.78 is 0. The van der Waals surface area contributed by atoms with Crippen LogP contribution in [0.25, 0.3) is 0 Å². The van der Waals surface area contributed by atoms with E-state index in [2.05, 4.69) is 36.7 Å². The number of unbranched alkanes of at least 4 members (excludes halogenated alkanes) is 8. The molecule has 0 aliphatic rings. The summed E-state index contributed by atoms with van der Waals surface area (Å²) in [5, 5.41) is 0. The van der Waals surface area contributed by atoms with Gasteiger partial charge >= 0.3 is 0 Å². The Morgan fingerprint density at radius 2 is 1.24 bits per heavy atom. The molecule has 1 atom stereocenters. The van der Waals surface area contributed by atoms with Gasteiger partial charge in [-0.3, -0.25) is 0 Å². The van der Waals surface area contributed by atoms with Gasteiger partial charge in [0.15, 0.2) is 0 Å². The van der Waals surface area contributed by atoms with Crippen LogP contribution in [0, 0.1) is 5.92 Å². The molecule has 0 fully saturated rings. The number of rotatable bonds is 12. The second kappa shape index (κ2) is 12.9. The Kier molecular flexibility index (Phi) is 13.3. The van der Waals surface area contributed by atoms with Crippen molar-refractivity contribution >= 4 is 15.9 Å². The van der Waals surface area contributed by atoms with Crippen LogP contribution in [0.2, 0.25) is 0 Å². The molecular formula is C16H33Br. The van der Waals surface area contributed by atoms with Crippen LogP contribution < -0.4 is 0 Å². The lowest BCUT2D eigenvalue weighted by molar-refractivity contribution is 0.517. The van der Waals surface area contributed by atoms with Gasteiger partial charge in [0.05, 0.1) is 0 Å². The quantitative estimate of drug-likeness (QED) is 0.277. The monoisotopic (exact) mass is 304 g/mol. The first kappa shape index (κ1) is 17.5. The Morgan fingerprint density at radius 1 is 0.765 bits per heavy atom. The lowest BCUT2D eigenvalue weighted by Gasteiger charge is -2.11. The molecule has 0 saturated heterocycles. The van der Waals surface area contributed by atoms with Crippen LogP contribution in [-0.4, -0.2) is 4.83 Å². The molecule has 0 nitrogen and oxygen atoms in total. The van der Waals surface area contributed by atoms with E-state index in [0.29, 0.717) is 0 Å². The average molecular weight is 305 g/mol. The van der Waals surface area contributed by atoms with Crippen molar-refractivity contribution in [3.05, 3.63) is 0 Å². The van der Waals surface area contributed by atoms with Gasteiger partial charge in [-0.25, -0.2) is 0 Å². The first-order valence-electron chi connectivity index (χ1n) is 7.80. The van der Waals surface area contributed by atoms with Crippen LogP contribution in [0.1, 0.15) is 91.4 Å². The van der Waals surface area contributed by atoms with E-state index in [0.717, 1.165) is 10.7 Å². The van der Waals surface area contributed by atoms with Gasteiger partial charge in [0.1, 0.15) is 0 Å². The molecule has 0 rings (SSSR count). The van der Waals surface area contributed by atoms with Gasteiger partial charge in [0.2, 0.25) is 0 Å². The summed E-state index contributed by atoms with van der Waals surface area (Å²) >= 11 is 3.79. The van der Waals surface area contributed by atoms with Crippen LogP contribution in [0.5, 0.6) is 0 Å². The van der Waals surface area contributed by atoms with Crippen LogP contribution in [0.15, 0.2) is 0 Å². The van der Waals surface area contributed by atoms with Crippen molar-refractivity contribution in [2.75, 3.05) is 0 Å². The summed E-state index contributed by atoms with van der Waals surface area (Å²) in [6.45, 7) is 6.91. The zero-order valence-corrected chi connectivity index (χ0v) is 13.9. The highest BCUT2D eigenvalue weighted by Crippen LogP contribution is 2.19. The molecule has 0 heterocycles. The minimum absolute atomic E-state index is 0.757. The molecule has 0 aliphatic heterocycles. The number of alkyl halides is 1. The molecule has 0 spiro atoms. The topological polar surface area (TPSA) is 0 Å². The molecule has 104 valence electrons. The Balaban J connectivity index is 3.07. The van der Waals surface area contributed by atoms with Crippen LogP contribution in [0.3, 0.4) is 0 Å². The maximum absolute atomic E-state index is 3.79. The third kappa shape index (κ3) is 14.4. The lowest BCUT2D eigenvalue weighted by atomic mass is 10.0. The molecule has 0 aromatic carbocycles. The predicted molar refractivity (Wildman–Crippen MR) is 84.0 cm³/mol. The minimum atomic E-state index is 0.757. The normalized spacial score (nSPS) is 13.2. The van der Waals surface area contributed by atoms with E-state index in [1.807, 2.05) is 0 Å². The zero-order valence-electron chi connectivity index (χ0n) is 12.3. The number of halogens is 1. The average Bonchev–Trinajstić information content (AvgIpc) is 2.26. The first-order chi connectivity index (χ1) is 8.16. The fourth-order valence-electron chi connectivity index (χ4n) is 2.31. The Bertz CT molecular complexity index is 142. The van der Waals surface area contributed by atoms with Gasteiger partial charge < -0.3 is 0 Å². The first-order valence-corrected chi connectivity index (χ1v) is 8.72. The maximum Gasteiger partial charge on any atom is 0.0148 e. The smallest absolute Gasteiger partial charge is 0.0148 e. The van der Waals surface area contributed by atoms with Crippen molar-refractivity contribution in [2.24, 2.45) is 5.92 Å². The van der Waals surface area contributed by atoms with Crippen molar-refractivity contribution < 1.29 is 0 Å². The maximum atomic E-state index is 3.79. The summed E-state index contributed by atoms with van der Waals surface area (Å²) in [7, 11) is 0. The van der Waals surface area contributed by atoms with Gasteiger partial charge in [0, 0.05) is 4.83 Å². The van der Waals surface area contributed by atoms with Gasteiger partial charge in [-0.2, -0.15) is 0 Å². The lowest BCUT2D eigenvalue weighted by Crippen LogP contribution is -2.02. The van der Waals surface area contributed by atoms with E-state index >= 15 is 0 Å². The molecule has 0 bridgehead atoms. The molecule has 0 aromatic rings. The zero-order chi connectivity index (χ0) is 12.9. The van der Waals surface area contributed by atoms with Crippen LogP contribution in [0.4, 0.5) is 0 Å². The van der Waals surface area contributed by atoms with Crippen molar-refractivity contribution in [3.8, 4) is 0 Å². The molecule has 0 aliphatic carbocycles. The van der Waals surface area contributed by atoms with Crippen molar-refractivity contribution in [1.82, 2.24) is 0 Å². The molecule has 17 heavy (non-hydrogen) atoms. The number of hydrogen-bond donors (Lipinski definition) is 0. The molecule has 0 radical (unpaired) electrons. The highest BCUT2D eigenvalue weighted by molar-refractivity contribution is 9.09. The summed E-state index contributed by atoms with van der Waals surface area (Å²) in [4.78, 5) is 0.757. The Labute approximate surface area is 118 Å². The van der Waals surface area contributed by atoms with E-state index < -0.39 is 0 Å². The molecule has 1 unspecified atom stereocenters. The van der Waals surface area contributed by atoms with Crippen LogP contribution in [-0.2, 0) is 0 Å². The molecule has 1 heteroatoms. The SMILES string of the molecule is CCCCCCCCCCCC(Br)CC(C)C. The van der Waals surface area contributed by atoms with Gasteiger partial charge in [0.25, 0.3) is 0 Å². The van der Waals surface area contributed by atoms with Crippen molar-refractivity contribution in [3.63, 3.8) is 0 Å². The standard InChI is InChI=1S/C16H33Br/c1-4-5-6-7-8-9-10-11-12-13-16(17)14-15(2)3/h15-16H,4-14H2,1-3H3. The van der Waals surface area contributed by atoms with Gasteiger partial charge in [-0.05, 0) is 18.8 Å². The van der Waals surface area contributed by atoms with E-state index in [-0.39, 0.29) is 0 Å². The summed E-state index contributed by atoms with van der Waals surface area (Å²) in [5.74, 6) is 0.831. The minimum Gasteiger partial charge on any atom is -0.0891 e. The predicted octanol–water partition coefficient (Wildman–Crippen LogP) is 6.72. The summed E-state index contributed by atoms with van der Waals surface area (Å²) in [6.07, 6.45) is 15.6. The van der Waals surface area contributed by atoms with Crippen molar-refractivity contribution in [2.45, 2.75) is 96.2 Å². The fourth-order valence-corrected chi connectivity index (χ4v) is 3.38. The van der Waals surface area contributed by atoms with E-state index in [1.54, 1.807) is 0 Å². The highest BCUT2D eigenvalue weighted by atomic mass is 79.9.